The Labute approximate surface area is 248 Å². The number of rotatable bonds is 2. The summed E-state index contributed by atoms with van der Waals surface area (Å²) in [6.07, 6.45) is -10.2. The molecule has 4 aromatic rings. The lowest BCUT2D eigenvalue weighted by atomic mass is 10.1. The topological polar surface area (TPSA) is 330 Å². The summed E-state index contributed by atoms with van der Waals surface area (Å²) in [4.78, 5) is 48.0. The number of phosphoric ester groups is 2. The number of fused-ring (bicyclic) bond motifs is 5. The molecule has 45 heavy (non-hydrogen) atoms. The molecule has 0 aromatic carbocycles. The van der Waals surface area contributed by atoms with E-state index in [4.69, 9.17) is 39.0 Å². The van der Waals surface area contributed by atoms with E-state index >= 15 is 0 Å². The Balaban J connectivity index is 1.21. The normalized spacial score (nSPS) is 37.7. The number of H-pyrrole nitrogens is 1. The predicted molar refractivity (Wildman–Crippen MR) is 143 cm³/mol. The minimum Gasteiger partial charge on any atom is -0.397 e. The van der Waals surface area contributed by atoms with Crippen molar-refractivity contribution in [2.24, 2.45) is 0 Å². The van der Waals surface area contributed by atoms with Crippen molar-refractivity contribution in [3.8, 4) is 0 Å². The van der Waals surface area contributed by atoms with Crippen LogP contribution in [0.4, 0.5) is 11.6 Å². The summed E-state index contributed by atoms with van der Waals surface area (Å²) in [5, 5.41) is 29.6. The summed E-state index contributed by atoms with van der Waals surface area (Å²) in [5.41, 5.74) is 11.0. The molecular weight excluding hydrogens is 650 g/mol. The van der Waals surface area contributed by atoms with Gasteiger partial charge in [0.05, 0.1) is 25.2 Å². The standard InChI is InChI=1S/C20H24N10O13P2/c21-6-1-2-23-15-9(6)24-5-29(15)18-12(32)13-8(41-18)4-39-45(36,37)43-14-11(31)7(3-38-44(34,35)42-13)40-19(14)30-16-10(27-28-30)17(33)26-20(22)25-16/h1-2,5,7-8,11-14,18-19,31-32H,3-4H2,(H2,21,23)(H,34,35)(H,36,37)(H3,22,25,26,33)/t7-,8-,11-,12-,13-,14-,18-,19-/m1/s1. The molecule has 3 fully saturated rings. The van der Waals surface area contributed by atoms with Gasteiger partial charge in [0.25, 0.3) is 5.56 Å². The maximum Gasteiger partial charge on any atom is 0.472 e. The minimum atomic E-state index is -5.13. The molecule has 0 amide bonds. The van der Waals surface area contributed by atoms with Gasteiger partial charge in [-0.3, -0.25) is 32.4 Å². The molecule has 0 spiro atoms. The third-order valence-electron chi connectivity index (χ3n) is 7.30. The van der Waals surface area contributed by atoms with Crippen LogP contribution in [0.15, 0.2) is 23.4 Å². The number of phosphoric acid groups is 2. The molecule has 4 aromatic heterocycles. The van der Waals surface area contributed by atoms with Gasteiger partial charge in [0.1, 0.15) is 42.1 Å². The van der Waals surface area contributed by atoms with E-state index in [1.807, 2.05) is 0 Å². The molecule has 3 aliphatic heterocycles. The number of imidazole rings is 1. The number of aromatic amines is 1. The summed E-state index contributed by atoms with van der Waals surface area (Å²) in [5.74, 6) is -0.321. The van der Waals surface area contributed by atoms with Gasteiger partial charge in [-0.05, 0) is 6.07 Å². The predicted octanol–water partition coefficient (Wildman–Crippen LogP) is -2.34. The van der Waals surface area contributed by atoms with Crippen LogP contribution in [0.5, 0.6) is 0 Å². The van der Waals surface area contributed by atoms with E-state index < -0.39 is 83.5 Å². The van der Waals surface area contributed by atoms with Gasteiger partial charge < -0.3 is 40.9 Å². The van der Waals surface area contributed by atoms with Gasteiger partial charge in [-0.15, -0.1) is 5.10 Å². The van der Waals surface area contributed by atoms with Gasteiger partial charge in [0.2, 0.25) is 5.95 Å². The fourth-order valence-corrected chi connectivity index (χ4v) is 7.15. The van der Waals surface area contributed by atoms with E-state index in [0.717, 1.165) is 4.68 Å². The first kappa shape index (κ1) is 30.2. The van der Waals surface area contributed by atoms with Crippen LogP contribution in [0.2, 0.25) is 0 Å². The van der Waals surface area contributed by atoms with E-state index in [9.17, 15) is 33.9 Å². The second-order valence-electron chi connectivity index (χ2n) is 10.2. The number of aliphatic hydroxyl groups excluding tert-OH is 2. The monoisotopic (exact) mass is 674 g/mol. The summed E-state index contributed by atoms with van der Waals surface area (Å²) in [6, 6.07) is 1.51. The number of nitrogens with zero attached hydrogens (tertiary/aromatic N) is 7. The molecule has 9 N–H and O–H groups in total. The van der Waals surface area contributed by atoms with Crippen molar-refractivity contribution >= 4 is 49.6 Å². The summed E-state index contributed by atoms with van der Waals surface area (Å²) < 4.78 is 60.7. The molecular formula is C20H24N10O13P2. The third kappa shape index (κ3) is 5.31. The first-order chi connectivity index (χ1) is 21.3. The number of nitrogen functional groups attached to an aromatic ring is 2. The number of hydrogen-bond donors (Lipinski definition) is 7. The number of nitrogens with one attached hydrogen (secondary N) is 1. The lowest BCUT2D eigenvalue weighted by Gasteiger charge is -2.25. The number of aromatic nitrogens is 8. The van der Waals surface area contributed by atoms with Gasteiger partial charge in [-0.2, -0.15) is 9.67 Å². The molecule has 7 heterocycles. The largest absolute Gasteiger partial charge is 0.472 e. The van der Waals surface area contributed by atoms with Crippen LogP contribution < -0.4 is 17.0 Å². The van der Waals surface area contributed by atoms with Crippen molar-refractivity contribution in [1.29, 1.82) is 0 Å². The van der Waals surface area contributed by atoms with Crippen LogP contribution in [0.3, 0.4) is 0 Å². The molecule has 0 saturated carbocycles. The van der Waals surface area contributed by atoms with Crippen LogP contribution in [0.1, 0.15) is 12.5 Å². The molecule has 242 valence electrons. The number of ether oxygens (including phenoxy) is 2. The third-order valence-corrected chi connectivity index (χ3v) is 9.27. The van der Waals surface area contributed by atoms with Crippen LogP contribution in [-0.2, 0) is 36.7 Å². The quantitative estimate of drug-likeness (QED) is 0.109. The van der Waals surface area contributed by atoms with Gasteiger partial charge in [0, 0.05) is 6.20 Å². The summed E-state index contributed by atoms with van der Waals surface area (Å²) in [7, 11) is -10.2. The van der Waals surface area contributed by atoms with E-state index in [-0.39, 0.29) is 34.0 Å². The fraction of sp³-hybridized carbons (Fsp3) is 0.500. The number of nitrogens with two attached hydrogens (primary N) is 2. The Morgan fingerprint density at radius 1 is 0.911 bits per heavy atom. The van der Waals surface area contributed by atoms with Crippen LogP contribution >= 0.6 is 15.6 Å². The highest BCUT2D eigenvalue weighted by Crippen LogP contribution is 2.53. The van der Waals surface area contributed by atoms with E-state index in [1.54, 1.807) is 0 Å². The van der Waals surface area contributed by atoms with Crippen molar-refractivity contribution in [2.75, 3.05) is 24.7 Å². The van der Waals surface area contributed by atoms with Gasteiger partial charge in [0.15, 0.2) is 29.3 Å². The zero-order valence-electron chi connectivity index (χ0n) is 22.4. The maximum absolute atomic E-state index is 13.2. The van der Waals surface area contributed by atoms with Crippen LogP contribution in [-0.4, -0.2) is 109 Å². The Hall–Kier alpha value is -3.44. The van der Waals surface area contributed by atoms with Crippen molar-refractivity contribution in [1.82, 2.24) is 39.5 Å². The average Bonchev–Trinajstić information content (AvgIpc) is 3.72. The van der Waals surface area contributed by atoms with Crippen molar-refractivity contribution in [2.45, 2.75) is 49.1 Å². The van der Waals surface area contributed by atoms with Gasteiger partial charge in [-0.25, -0.2) is 19.1 Å². The Morgan fingerprint density at radius 2 is 1.60 bits per heavy atom. The van der Waals surface area contributed by atoms with Crippen LogP contribution in [0.25, 0.3) is 22.3 Å². The molecule has 3 aliphatic rings. The minimum absolute atomic E-state index is 0.195. The Bertz CT molecular complexity index is 1940. The second kappa shape index (κ2) is 10.8. The second-order valence-corrected chi connectivity index (χ2v) is 13.0. The summed E-state index contributed by atoms with van der Waals surface area (Å²) >= 11 is 0. The molecule has 2 bridgehead atoms. The van der Waals surface area contributed by atoms with Crippen molar-refractivity contribution in [3.05, 3.63) is 28.9 Å². The molecule has 23 nitrogen and oxygen atoms in total. The number of hydrogen-bond acceptors (Lipinski definition) is 18. The summed E-state index contributed by atoms with van der Waals surface area (Å²) in [6.45, 7) is -1.68. The number of anilines is 2. The smallest absolute Gasteiger partial charge is 0.397 e. The van der Waals surface area contributed by atoms with Crippen molar-refractivity contribution < 1.29 is 56.7 Å². The molecule has 10 atom stereocenters. The fourth-order valence-electron chi connectivity index (χ4n) is 5.25. The molecule has 25 heteroatoms. The molecule has 0 aliphatic carbocycles. The van der Waals surface area contributed by atoms with Crippen molar-refractivity contribution in [3.63, 3.8) is 0 Å². The highest BCUT2D eigenvalue weighted by atomic mass is 31.2. The van der Waals surface area contributed by atoms with E-state index in [1.165, 1.54) is 23.2 Å². The van der Waals surface area contributed by atoms with Crippen LogP contribution in [0, 0.1) is 0 Å². The zero-order chi connectivity index (χ0) is 31.8. The van der Waals surface area contributed by atoms with Gasteiger partial charge in [-0.1, -0.05) is 5.21 Å². The van der Waals surface area contributed by atoms with E-state index in [0.29, 0.717) is 0 Å². The number of aliphatic hydroxyl groups is 2. The first-order valence-corrected chi connectivity index (χ1v) is 16.0. The Kier molecular flexibility index (Phi) is 7.27. The number of pyridine rings is 1. The molecule has 2 unspecified atom stereocenters. The maximum atomic E-state index is 13.2. The average molecular weight is 674 g/mol. The Morgan fingerprint density at radius 3 is 2.36 bits per heavy atom. The molecule has 7 rings (SSSR count). The highest BCUT2D eigenvalue weighted by Gasteiger charge is 2.54. The van der Waals surface area contributed by atoms with E-state index in [2.05, 4.69) is 30.2 Å². The molecule has 3 saturated heterocycles. The molecule has 0 radical (unpaired) electrons. The zero-order valence-corrected chi connectivity index (χ0v) is 24.2. The lowest BCUT2D eigenvalue weighted by molar-refractivity contribution is -0.0708. The lowest BCUT2D eigenvalue weighted by Crippen LogP contribution is -2.36. The van der Waals surface area contributed by atoms with Gasteiger partial charge >= 0.3 is 15.6 Å². The SMILES string of the molecule is Nc1nc2c(nnn2[C@@H]2O[C@@H]3COP(=O)(O)O[C@H]4[C@@H](O)[C@H](n5cnc6c(N)ccnc65)O[C@@H]4COP(=O)(O)O[C@@H]2[C@@H]3O)c(=O)[nH]1. The highest BCUT2D eigenvalue weighted by molar-refractivity contribution is 7.47. The first-order valence-electron chi connectivity index (χ1n) is 13.0.